The molecular weight excluding hydrogens is 230 g/mol. The van der Waals surface area contributed by atoms with E-state index in [9.17, 15) is 0 Å². The molecule has 0 aliphatic carbocycles. The first-order valence-electron chi connectivity index (χ1n) is 6.33. The Morgan fingerprint density at radius 2 is 2.24 bits per heavy atom. The van der Waals surface area contributed by atoms with Gasteiger partial charge in [0.25, 0.3) is 0 Å². The summed E-state index contributed by atoms with van der Waals surface area (Å²) in [5.41, 5.74) is 6.00. The number of hydrogen-bond donors (Lipinski definition) is 1. The standard InChI is InChI=1S/C13H25N3S/c1-5-7-16(10-13(3,4)9-14)11(2)12-15-6-8-17-12/h6,8,11H,5,7,9-10,14H2,1-4H3. The average Bonchev–Trinajstić information content (AvgIpc) is 2.81. The van der Waals surface area contributed by atoms with Crippen molar-refractivity contribution in [2.45, 2.75) is 40.2 Å². The van der Waals surface area contributed by atoms with E-state index in [0.717, 1.165) is 26.1 Å². The van der Waals surface area contributed by atoms with E-state index in [1.807, 2.05) is 11.6 Å². The van der Waals surface area contributed by atoms with Crippen LogP contribution in [0.4, 0.5) is 0 Å². The van der Waals surface area contributed by atoms with Gasteiger partial charge in [0.2, 0.25) is 0 Å². The van der Waals surface area contributed by atoms with E-state index in [4.69, 9.17) is 5.73 Å². The number of aromatic nitrogens is 1. The molecule has 0 saturated carbocycles. The first kappa shape index (κ1) is 14.6. The Hall–Kier alpha value is -0.450. The summed E-state index contributed by atoms with van der Waals surface area (Å²) in [4.78, 5) is 6.91. The monoisotopic (exact) mass is 255 g/mol. The minimum atomic E-state index is 0.167. The third-order valence-electron chi connectivity index (χ3n) is 3.05. The molecule has 17 heavy (non-hydrogen) atoms. The van der Waals surface area contributed by atoms with Gasteiger partial charge in [-0.1, -0.05) is 20.8 Å². The predicted octanol–water partition coefficient (Wildman–Crippen LogP) is 2.90. The zero-order valence-electron chi connectivity index (χ0n) is 11.4. The number of rotatable bonds is 7. The van der Waals surface area contributed by atoms with Gasteiger partial charge in [0.15, 0.2) is 0 Å². The van der Waals surface area contributed by atoms with E-state index in [2.05, 4.69) is 37.6 Å². The molecule has 1 heterocycles. The number of nitrogens with zero attached hydrogens (tertiary/aromatic N) is 2. The Balaban J connectivity index is 2.71. The summed E-state index contributed by atoms with van der Waals surface area (Å²) >= 11 is 1.73. The maximum absolute atomic E-state index is 5.83. The molecule has 4 heteroatoms. The quantitative estimate of drug-likeness (QED) is 0.814. The molecule has 98 valence electrons. The van der Waals surface area contributed by atoms with Gasteiger partial charge in [-0.25, -0.2) is 4.98 Å². The zero-order chi connectivity index (χ0) is 12.9. The van der Waals surface area contributed by atoms with Gasteiger partial charge in [-0.05, 0) is 31.8 Å². The van der Waals surface area contributed by atoms with Crippen LogP contribution in [-0.2, 0) is 0 Å². The number of nitrogens with two attached hydrogens (primary N) is 1. The van der Waals surface area contributed by atoms with Gasteiger partial charge < -0.3 is 5.73 Å². The minimum Gasteiger partial charge on any atom is -0.330 e. The number of thiazole rings is 1. The summed E-state index contributed by atoms with van der Waals surface area (Å²) in [5.74, 6) is 0. The van der Waals surface area contributed by atoms with Crippen LogP contribution < -0.4 is 5.73 Å². The summed E-state index contributed by atoms with van der Waals surface area (Å²) in [7, 11) is 0. The van der Waals surface area contributed by atoms with Crippen LogP contribution in [0.15, 0.2) is 11.6 Å². The van der Waals surface area contributed by atoms with Crippen molar-refractivity contribution in [1.82, 2.24) is 9.88 Å². The molecule has 0 aliphatic rings. The van der Waals surface area contributed by atoms with Crippen molar-refractivity contribution >= 4 is 11.3 Å². The van der Waals surface area contributed by atoms with Crippen LogP contribution in [-0.4, -0.2) is 29.5 Å². The highest BCUT2D eigenvalue weighted by atomic mass is 32.1. The van der Waals surface area contributed by atoms with E-state index in [0.29, 0.717) is 6.04 Å². The highest BCUT2D eigenvalue weighted by Crippen LogP contribution is 2.26. The summed E-state index contributed by atoms with van der Waals surface area (Å²) in [6.07, 6.45) is 3.05. The lowest BCUT2D eigenvalue weighted by Gasteiger charge is -2.35. The summed E-state index contributed by atoms with van der Waals surface area (Å²) in [6.45, 7) is 11.8. The van der Waals surface area contributed by atoms with Crippen molar-refractivity contribution in [3.8, 4) is 0 Å². The Morgan fingerprint density at radius 1 is 1.53 bits per heavy atom. The molecule has 0 aliphatic heterocycles. The first-order chi connectivity index (χ1) is 8.00. The molecule has 1 unspecified atom stereocenters. The van der Waals surface area contributed by atoms with Crippen molar-refractivity contribution in [2.75, 3.05) is 19.6 Å². The van der Waals surface area contributed by atoms with Crippen molar-refractivity contribution in [3.05, 3.63) is 16.6 Å². The molecule has 1 rings (SSSR count). The fraction of sp³-hybridized carbons (Fsp3) is 0.769. The highest BCUT2D eigenvalue weighted by Gasteiger charge is 2.24. The van der Waals surface area contributed by atoms with Gasteiger partial charge in [0.05, 0.1) is 6.04 Å². The lowest BCUT2D eigenvalue weighted by molar-refractivity contribution is 0.140. The Morgan fingerprint density at radius 3 is 2.71 bits per heavy atom. The molecular formula is C13H25N3S. The number of hydrogen-bond acceptors (Lipinski definition) is 4. The second kappa shape index (κ2) is 6.47. The summed E-state index contributed by atoms with van der Waals surface area (Å²) in [5, 5.41) is 3.25. The van der Waals surface area contributed by atoms with Crippen LogP contribution in [0.3, 0.4) is 0 Å². The molecule has 0 fully saturated rings. The summed E-state index contributed by atoms with van der Waals surface area (Å²) < 4.78 is 0. The van der Waals surface area contributed by atoms with Crippen LogP contribution in [0.5, 0.6) is 0 Å². The molecule has 0 spiro atoms. The van der Waals surface area contributed by atoms with Crippen molar-refractivity contribution in [2.24, 2.45) is 11.1 Å². The third-order valence-corrected chi connectivity index (χ3v) is 4.00. The molecule has 1 atom stereocenters. The Bertz CT molecular complexity index is 308. The Kier molecular flexibility index (Phi) is 5.56. The smallest absolute Gasteiger partial charge is 0.109 e. The lowest BCUT2D eigenvalue weighted by Crippen LogP contribution is -2.40. The second-order valence-electron chi connectivity index (χ2n) is 5.39. The lowest BCUT2D eigenvalue weighted by atomic mass is 9.92. The second-order valence-corrected chi connectivity index (χ2v) is 6.31. The molecule has 0 radical (unpaired) electrons. The van der Waals surface area contributed by atoms with Gasteiger partial charge in [-0.2, -0.15) is 0 Å². The molecule has 3 nitrogen and oxygen atoms in total. The van der Waals surface area contributed by atoms with Crippen LogP contribution in [0, 0.1) is 5.41 Å². The van der Waals surface area contributed by atoms with Gasteiger partial charge >= 0.3 is 0 Å². The van der Waals surface area contributed by atoms with Crippen LogP contribution in [0.1, 0.15) is 45.2 Å². The van der Waals surface area contributed by atoms with Gasteiger partial charge in [0.1, 0.15) is 5.01 Å². The van der Waals surface area contributed by atoms with Crippen molar-refractivity contribution in [1.29, 1.82) is 0 Å². The average molecular weight is 255 g/mol. The van der Waals surface area contributed by atoms with E-state index < -0.39 is 0 Å². The van der Waals surface area contributed by atoms with E-state index in [-0.39, 0.29) is 5.41 Å². The SMILES string of the molecule is CCCN(CC(C)(C)CN)C(C)c1nccs1. The third kappa shape index (κ3) is 4.37. The topological polar surface area (TPSA) is 42.1 Å². The van der Waals surface area contributed by atoms with Gasteiger partial charge in [-0.3, -0.25) is 4.90 Å². The normalized spacial score (nSPS) is 14.2. The molecule has 0 amide bonds. The maximum Gasteiger partial charge on any atom is 0.109 e. The fourth-order valence-electron chi connectivity index (χ4n) is 1.91. The van der Waals surface area contributed by atoms with E-state index in [1.54, 1.807) is 11.3 Å². The van der Waals surface area contributed by atoms with Crippen LogP contribution in [0.2, 0.25) is 0 Å². The van der Waals surface area contributed by atoms with Crippen molar-refractivity contribution in [3.63, 3.8) is 0 Å². The molecule has 0 saturated heterocycles. The molecule has 1 aromatic rings. The molecule has 2 N–H and O–H groups in total. The van der Waals surface area contributed by atoms with Crippen LogP contribution in [0.25, 0.3) is 0 Å². The summed E-state index contributed by atoms with van der Waals surface area (Å²) in [6, 6.07) is 0.390. The largest absolute Gasteiger partial charge is 0.330 e. The van der Waals surface area contributed by atoms with Crippen molar-refractivity contribution < 1.29 is 0 Å². The highest BCUT2D eigenvalue weighted by molar-refractivity contribution is 7.09. The minimum absolute atomic E-state index is 0.167. The maximum atomic E-state index is 5.83. The zero-order valence-corrected chi connectivity index (χ0v) is 12.3. The van der Waals surface area contributed by atoms with E-state index in [1.165, 1.54) is 5.01 Å². The first-order valence-corrected chi connectivity index (χ1v) is 7.21. The fourth-order valence-corrected chi connectivity index (χ4v) is 2.64. The molecule has 1 aromatic heterocycles. The van der Waals surface area contributed by atoms with Gasteiger partial charge in [0, 0.05) is 18.1 Å². The van der Waals surface area contributed by atoms with Crippen LogP contribution >= 0.6 is 11.3 Å². The molecule has 0 aromatic carbocycles. The van der Waals surface area contributed by atoms with E-state index >= 15 is 0 Å². The Labute approximate surface area is 109 Å². The van der Waals surface area contributed by atoms with Gasteiger partial charge in [-0.15, -0.1) is 11.3 Å². The predicted molar refractivity (Wildman–Crippen MR) is 75.2 cm³/mol. The molecule has 0 bridgehead atoms.